The zero-order chi connectivity index (χ0) is 16.5. The highest BCUT2D eigenvalue weighted by atomic mass is 16.6. The number of aliphatic hydroxyl groups is 1. The molecular weight excluding hydrogens is 292 g/mol. The van der Waals surface area contributed by atoms with Crippen LogP contribution in [0.1, 0.15) is 57.6 Å². The Morgan fingerprint density at radius 2 is 2.00 bits per heavy atom. The van der Waals surface area contributed by atoms with E-state index in [-0.39, 0.29) is 29.3 Å². The standard InChI is InChI=1S/C19H26O4/c1-17-7-6-15-18(2,8-16(21)23-19(15,3)11-20)14(17)5-4-12-9-22-10-13(12)17/h9-10,14-15,20H,4-8,11H2,1-3H3/t14-,15-,17-,18+,19+/m0/s1. The van der Waals surface area contributed by atoms with Crippen LogP contribution in [0, 0.1) is 17.3 Å². The zero-order valence-electron chi connectivity index (χ0n) is 14.2. The number of hydrogen-bond donors (Lipinski definition) is 1. The van der Waals surface area contributed by atoms with Crippen molar-refractivity contribution >= 4 is 5.97 Å². The number of ether oxygens (including phenoxy) is 1. The van der Waals surface area contributed by atoms with E-state index in [1.807, 2.05) is 19.5 Å². The molecule has 1 N–H and O–H groups in total. The maximum Gasteiger partial charge on any atom is 0.306 e. The summed E-state index contributed by atoms with van der Waals surface area (Å²) < 4.78 is 11.1. The summed E-state index contributed by atoms with van der Waals surface area (Å²) in [6.07, 6.45) is 8.37. The first-order valence-electron chi connectivity index (χ1n) is 8.72. The molecule has 0 spiro atoms. The highest BCUT2D eigenvalue weighted by Gasteiger charge is 2.63. The van der Waals surface area contributed by atoms with Crippen LogP contribution in [0.25, 0.3) is 0 Å². The van der Waals surface area contributed by atoms with Gasteiger partial charge in [0.25, 0.3) is 0 Å². The Morgan fingerprint density at radius 3 is 2.74 bits per heavy atom. The monoisotopic (exact) mass is 318 g/mol. The Kier molecular flexibility index (Phi) is 3.07. The van der Waals surface area contributed by atoms with Crippen molar-refractivity contribution < 1.29 is 19.1 Å². The maximum absolute atomic E-state index is 12.3. The lowest BCUT2D eigenvalue weighted by atomic mass is 9.44. The number of aryl methyl sites for hydroxylation is 1. The Bertz CT molecular complexity index is 650. The minimum atomic E-state index is -0.748. The molecule has 1 aromatic heterocycles. The van der Waals surface area contributed by atoms with Gasteiger partial charge in [-0.2, -0.15) is 0 Å². The Balaban J connectivity index is 1.81. The minimum absolute atomic E-state index is 0.0554. The van der Waals surface area contributed by atoms with Gasteiger partial charge < -0.3 is 14.3 Å². The summed E-state index contributed by atoms with van der Waals surface area (Å²) in [6.45, 7) is 6.39. The fraction of sp³-hybridized carbons (Fsp3) is 0.737. The molecule has 4 nitrogen and oxygen atoms in total. The van der Waals surface area contributed by atoms with Crippen molar-refractivity contribution in [2.45, 2.75) is 63.9 Å². The molecule has 0 amide bonds. The Morgan fingerprint density at radius 1 is 1.22 bits per heavy atom. The number of aliphatic hydroxyl groups excluding tert-OH is 1. The lowest BCUT2D eigenvalue weighted by Gasteiger charge is -2.62. The van der Waals surface area contributed by atoms with Crippen LogP contribution >= 0.6 is 0 Å². The molecule has 2 heterocycles. The van der Waals surface area contributed by atoms with Gasteiger partial charge in [0.1, 0.15) is 5.60 Å². The van der Waals surface area contributed by atoms with Gasteiger partial charge in [-0.05, 0) is 60.5 Å². The molecule has 4 heteroatoms. The molecule has 2 fully saturated rings. The van der Waals surface area contributed by atoms with E-state index in [2.05, 4.69) is 13.8 Å². The van der Waals surface area contributed by atoms with Gasteiger partial charge in [-0.15, -0.1) is 0 Å². The summed E-state index contributed by atoms with van der Waals surface area (Å²) >= 11 is 0. The van der Waals surface area contributed by atoms with Crippen LogP contribution in [0.4, 0.5) is 0 Å². The first kappa shape index (κ1) is 15.3. The number of esters is 1. The molecule has 0 bridgehead atoms. The summed E-state index contributed by atoms with van der Waals surface area (Å²) in [5, 5.41) is 9.91. The predicted molar refractivity (Wildman–Crippen MR) is 84.9 cm³/mol. The van der Waals surface area contributed by atoms with Gasteiger partial charge in [0, 0.05) is 5.92 Å². The molecule has 0 unspecified atom stereocenters. The predicted octanol–water partition coefficient (Wildman–Crippen LogP) is 3.21. The van der Waals surface area contributed by atoms with Crippen LogP contribution in [0.2, 0.25) is 0 Å². The van der Waals surface area contributed by atoms with Crippen molar-refractivity contribution in [3.8, 4) is 0 Å². The molecule has 126 valence electrons. The van der Waals surface area contributed by atoms with Gasteiger partial charge in [-0.3, -0.25) is 4.79 Å². The van der Waals surface area contributed by atoms with E-state index >= 15 is 0 Å². The number of furan rings is 1. The minimum Gasteiger partial charge on any atom is -0.472 e. The zero-order valence-corrected chi connectivity index (χ0v) is 14.2. The SMILES string of the molecule is C[C@]12CC(=O)O[C@](C)(CO)[C@H]1CC[C@@]1(C)c3cocc3CC[C@H]21. The normalized spacial score (nSPS) is 45.7. The fourth-order valence-corrected chi connectivity index (χ4v) is 6.28. The highest BCUT2D eigenvalue weighted by Crippen LogP contribution is 2.64. The van der Waals surface area contributed by atoms with E-state index in [9.17, 15) is 9.90 Å². The summed E-state index contributed by atoms with van der Waals surface area (Å²) in [7, 11) is 0. The van der Waals surface area contributed by atoms with Crippen LogP contribution < -0.4 is 0 Å². The van der Waals surface area contributed by atoms with Crippen LogP contribution in [0.15, 0.2) is 16.9 Å². The first-order valence-corrected chi connectivity index (χ1v) is 8.72. The van der Waals surface area contributed by atoms with Crippen LogP contribution in [0.3, 0.4) is 0 Å². The highest BCUT2D eigenvalue weighted by molar-refractivity contribution is 5.72. The summed E-state index contributed by atoms with van der Waals surface area (Å²) in [4.78, 5) is 12.3. The van der Waals surface area contributed by atoms with Gasteiger partial charge in [0.2, 0.25) is 0 Å². The lowest BCUT2D eigenvalue weighted by molar-refractivity contribution is -0.219. The number of rotatable bonds is 1. The lowest BCUT2D eigenvalue weighted by Crippen LogP contribution is -2.63. The Labute approximate surface area is 137 Å². The van der Waals surface area contributed by atoms with Gasteiger partial charge in [0.15, 0.2) is 0 Å². The van der Waals surface area contributed by atoms with Crippen molar-refractivity contribution in [3.05, 3.63) is 23.7 Å². The summed E-state index contributed by atoms with van der Waals surface area (Å²) in [5.74, 6) is 0.462. The van der Waals surface area contributed by atoms with Gasteiger partial charge in [-0.1, -0.05) is 13.8 Å². The van der Waals surface area contributed by atoms with Gasteiger partial charge in [-0.25, -0.2) is 0 Å². The molecule has 5 atom stereocenters. The third kappa shape index (κ3) is 1.84. The fourth-order valence-electron chi connectivity index (χ4n) is 6.28. The number of fused-ring (bicyclic) bond motifs is 5. The third-order valence-electron chi connectivity index (χ3n) is 7.30. The molecule has 0 radical (unpaired) electrons. The average Bonchev–Trinajstić information content (AvgIpc) is 2.95. The van der Waals surface area contributed by atoms with Gasteiger partial charge in [0.05, 0.1) is 25.6 Å². The third-order valence-corrected chi connectivity index (χ3v) is 7.30. The molecule has 1 aliphatic heterocycles. The number of cyclic esters (lactones) is 1. The molecule has 23 heavy (non-hydrogen) atoms. The van der Waals surface area contributed by atoms with Crippen molar-refractivity contribution in [2.75, 3.05) is 6.61 Å². The van der Waals surface area contributed by atoms with Gasteiger partial charge >= 0.3 is 5.97 Å². The second-order valence-electron chi connectivity index (χ2n) is 8.54. The van der Waals surface area contributed by atoms with Crippen molar-refractivity contribution in [1.29, 1.82) is 0 Å². The number of carbonyl (C=O) groups is 1. The molecule has 0 aromatic carbocycles. The topological polar surface area (TPSA) is 59.7 Å². The maximum atomic E-state index is 12.3. The summed E-state index contributed by atoms with van der Waals surface area (Å²) in [5.41, 5.74) is 1.84. The molecule has 3 aliphatic rings. The molecular formula is C19H26O4. The molecule has 1 saturated heterocycles. The Hall–Kier alpha value is -1.29. The van der Waals surface area contributed by atoms with E-state index in [1.165, 1.54) is 11.1 Å². The van der Waals surface area contributed by atoms with Crippen LogP contribution in [0.5, 0.6) is 0 Å². The van der Waals surface area contributed by atoms with Crippen LogP contribution in [-0.4, -0.2) is 23.3 Å². The number of carbonyl (C=O) groups excluding carboxylic acids is 1. The quantitative estimate of drug-likeness (QED) is 0.808. The van der Waals surface area contributed by atoms with E-state index in [0.29, 0.717) is 12.3 Å². The second kappa shape index (κ2) is 4.62. The van der Waals surface area contributed by atoms with Crippen molar-refractivity contribution in [3.63, 3.8) is 0 Å². The molecule has 2 aliphatic carbocycles. The van der Waals surface area contributed by atoms with Crippen molar-refractivity contribution in [1.82, 2.24) is 0 Å². The molecule has 4 rings (SSSR count). The average molecular weight is 318 g/mol. The first-order chi connectivity index (χ1) is 10.8. The van der Waals surface area contributed by atoms with E-state index in [0.717, 1.165) is 25.7 Å². The number of hydrogen-bond acceptors (Lipinski definition) is 4. The van der Waals surface area contributed by atoms with Crippen molar-refractivity contribution in [2.24, 2.45) is 17.3 Å². The second-order valence-corrected chi connectivity index (χ2v) is 8.54. The van der Waals surface area contributed by atoms with Crippen LogP contribution in [-0.2, 0) is 21.4 Å². The summed E-state index contributed by atoms with van der Waals surface area (Å²) in [6, 6.07) is 0. The molecule has 1 aromatic rings. The van der Waals surface area contributed by atoms with E-state index in [4.69, 9.17) is 9.15 Å². The smallest absolute Gasteiger partial charge is 0.306 e. The largest absolute Gasteiger partial charge is 0.472 e. The van der Waals surface area contributed by atoms with E-state index in [1.54, 1.807) is 0 Å². The van der Waals surface area contributed by atoms with E-state index < -0.39 is 5.60 Å². The molecule has 1 saturated carbocycles.